The van der Waals surface area contributed by atoms with Crippen LogP contribution in [0.5, 0.6) is 5.75 Å². The zero-order valence-corrected chi connectivity index (χ0v) is 12.3. The monoisotopic (exact) mass is 284 g/mol. The van der Waals surface area contributed by atoms with Crippen LogP contribution < -0.4 is 15.4 Å². The maximum atomic E-state index is 11.8. The Balaban J connectivity index is 1.79. The lowest BCUT2D eigenvalue weighted by Crippen LogP contribution is -2.30. The first-order chi connectivity index (χ1) is 10.2. The molecule has 0 fully saturated rings. The summed E-state index contributed by atoms with van der Waals surface area (Å²) in [6.07, 6.45) is 0.762. The summed E-state index contributed by atoms with van der Waals surface area (Å²) in [5.74, 6) is 0.830. The SMILES string of the molecule is COc1cccc(CCNC(=O)Nc2cccc(C)c2)c1. The maximum absolute atomic E-state index is 11.8. The molecule has 2 aromatic rings. The second kappa shape index (κ2) is 7.33. The van der Waals surface area contributed by atoms with Crippen LogP contribution in [0.1, 0.15) is 11.1 Å². The highest BCUT2D eigenvalue weighted by Gasteiger charge is 2.02. The second-order valence-electron chi connectivity index (χ2n) is 4.85. The van der Waals surface area contributed by atoms with Crippen LogP contribution in [0.25, 0.3) is 0 Å². The molecule has 2 amide bonds. The van der Waals surface area contributed by atoms with Gasteiger partial charge in [0.2, 0.25) is 0 Å². The van der Waals surface area contributed by atoms with E-state index in [4.69, 9.17) is 4.74 Å². The van der Waals surface area contributed by atoms with Crippen molar-refractivity contribution in [1.29, 1.82) is 0 Å². The van der Waals surface area contributed by atoms with Gasteiger partial charge in [0, 0.05) is 12.2 Å². The predicted octanol–water partition coefficient (Wildman–Crippen LogP) is 3.37. The molecule has 0 radical (unpaired) electrons. The van der Waals surface area contributed by atoms with Crippen molar-refractivity contribution in [3.8, 4) is 5.75 Å². The standard InChI is InChI=1S/C17H20N2O2/c1-13-5-3-7-15(11-13)19-17(20)18-10-9-14-6-4-8-16(12-14)21-2/h3-8,11-12H,9-10H2,1-2H3,(H2,18,19,20). The molecule has 110 valence electrons. The van der Waals surface area contributed by atoms with Gasteiger partial charge in [-0.25, -0.2) is 4.79 Å². The number of hydrogen-bond acceptors (Lipinski definition) is 2. The number of methoxy groups -OCH3 is 1. The highest BCUT2D eigenvalue weighted by Crippen LogP contribution is 2.12. The summed E-state index contributed by atoms with van der Waals surface area (Å²) in [6, 6.07) is 15.4. The fraction of sp³-hybridized carbons (Fsp3) is 0.235. The molecule has 21 heavy (non-hydrogen) atoms. The van der Waals surface area contributed by atoms with E-state index >= 15 is 0 Å². The normalized spacial score (nSPS) is 10.0. The van der Waals surface area contributed by atoms with Crippen molar-refractivity contribution < 1.29 is 9.53 Å². The molecule has 0 atom stereocenters. The van der Waals surface area contributed by atoms with E-state index in [0.717, 1.165) is 29.0 Å². The number of urea groups is 1. The number of anilines is 1. The molecule has 4 heteroatoms. The van der Waals surface area contributed by atoms with Gasteiger partial charge in [-0.3, -0.25) is 0 Å². The summed E-state index contributed by atoms with van der Waals surface area (Å²) in [6.45, 7) is 2.57. The number of carbonyl (C=O) groups is 1. The molecule has 0 heterocycles. The van der Waals surface area contributed by atoms with Gasteiger partial charge in [-0.2, -0.15) is 0 Å². The van der Waals surface area contributed by atoms with E-state index in [1.54, 1.807) is 7.11 Å². The Bertz CT molecular complexity index is 611. The third-order valence-electron chi connectivity index (χ3n) is 3.11. The molecule has 2 aromatic carbocycles. The minimum Gasteiger partial charge on any atom is -0.497 e. The van der Waals surface area contributed by atoms with Crippen LogP contribution in [-0.4, -0.2) is 19.7 Å². The van der Waals surface area contributed by atoms with E-state index in [1.807, 2.05) is 55.5 Å². The van der Waals surface area contributed by atoms with Crippen LogP contribution in [0.4, 0.5) is 10.5 Å². The van der Waals surface area contributed by atoms with E-state index in [9.17, 15) is 4.79 Å². The molecule has 2 N–H and O–H groups in total. The molecule has 0 aliphatic heterocycles. The van der Waals surface area contributed by atoms with Crippen molar-refractivity contribution in [3.63, 3.8) is 0 Å². The number of aryl methyl sites for hydroxylation is 1. The summed E-state index contributed by atoms with van der Waals surface area (Å²) in [7, 11) is 1.65. The lowest BCUT2D eigenvalue weighted by Gasteiger charge is -2.09. The highest BCUT2D eigenvalue weighted by atomic mass is 16.5. The van der Waals surface area contributed by atoms with Gasteiger partial charge in [0.15, 0.2) is 0 Å². The van der Waals surface area contributed by atoms with E-state index in [1.165, 1.54) is 0 Å². The van der Waals surface area contributed by atoms with E-state index in [2.05, 4.69) is 10.6 Å². The van der Waals surface area contributed by atoms with Crippen molar-refractivity contribution in [1.82, 2.24) is 5.32 Å². The molecular formula is C17H20N2O2. The van der Waals surface area contributed by atoms with E-state index < -0.39 is 0 Å². The average molecular weight is 284 g/mol. The topological polar surface area (TPSA) is 50.4 Å². The zero-order valence-electron chi connectivity index (χ0n) is 12.3. The molecule has 0 unspecified atom stereocenters. The quantitative estimate of drug-likeness (QED) is 0.884. The predicted molar refractivity (Wildman–Crippen MR) is 84.9 cm³/mol. The summed E-state index contributed by atoms with van der Waals surface area (Å²) in [4.78, 5) is 11.8. The molecule has 2 rings (SSSR count). The van der Waals surface area contributed by atoms with Crippen molar-refractivity contribution in [2.75, 3.05) is 19.0 Å². The Hall–Kier alpha value is -2.49. The van der Waals surface area contributed by atoms with Crippen molar-refractivity contribution in [2.24, 2.45) is 0 Å². The Labute approximate surface area is 125 Å². The van der Waals surface area contributed by atoms with Crippen LogP contribution in [0.15, 0.2) is 48.5 Å². The van der Waals surface area contributed by atoms with E-state index in [-0.39, 0.29) is 6.03 Å². The fourth-order valence-corrected chi connectivity index (χ4v) is 2.05. The molecule has 0 saturated heterocycles. The Morgan fingerprint density at radius 3 is 2.71 bits per heavy atom. The molecule has 0 bridgehead atoms. The summed E-state index contributed by atoms with van der Waals surface area (Å²) >= 11 is 0. The van der Waals surface area contributed by atoms with Crippen molar-refractivity contribution in [3.05, 3.63) is 59.7 Å². The second-order valence-corrected chi connectivity index (χ2v) is 4.85. The first-order valence-electron chi connectivity index (χ1n) is 6.92. The van der Waals surface area contributed by atoms with Gasteiger partial charge in [0.25, 0.3) is 0 Å². The smallest absolute Gasteiger partial charge is 0.319 e. The first-order valence-corrected chi connectivity index (χ1v) is 6.92. The van der Waals surface area contributed by atoms with Gasteiger partial charge in [-0.05, 0) is 48.7 Å². The van der Waals surface area contributed by atoms with Crippen LogP contribution in [-0.2, 0) is 6.42 Å². The lowest BCUT2D eigenvalue weighted by atomic mass is 10.1. The molecule has 4 nitrogen and oxygen atoms in total. The number of hydrogen-bond donors (Lipinski definition) is 2. The third kappa shape index (κ3) is 4.84. The fourth-order valence-electron chi connectivity index (χ4n) is 2.05. The number of ether oxygens (including phenoxy) is 1. The Morgan fingerprint density at radius 1 is 1.14 bits per heavy atom. The maximum Gasteiger partial charge on any atom is 0.319 e. The zero-order chi connectivity index (χ0) is 15.1. The number of benzene rings is 2. The number of carbonyl (C=O) groups excluding carboxylic acids is 1. The minimum atomic E-state index is -0.191. The van der Waals surface area contributed by atoms with Gasteiger partial charge in [0.1, 0.15) is 5.75 Å². The van der Waals surface area contributed by atoms with Gasteiger partial charge < -0.3 is 15.4 Å². The Morgan fingerprint density at radius 2 is 1.95 bits per heavy atom. The summed E-state index contributed by atoms with van der Waals surface area (Å²) < 4.78 is 5.17. The van der Waals surface area contributed by atoms with Gasteiger partial charge in [-0.15, -0.1) is 0 Å². The van der Waals surface area contributed by atoms with Crippen molar-refractivity contribution in [2.45, 2.75) is 13.3 Å². The summed E-state index contributed by atoms with van der Waals surface area (Å²) in [5, 5.41) is 5.66. The first kappa shape index (κ1) is 14.9. The van der Waals surface area contributed by atoms with Crippen LogP contribution in [0.3, 0.4) is 0 Å². The number of amides is 2. The van der Waals surface area contributed by atoms with E-state index in [0.29, 0.717) is 6.54 Å². The summed E-state index contributed by atoms with van der Waals surface area (Å²) in [5.41, 5.74) is 3.04. The molecule has 0 saturated carbocycles. The minimum absolute atomic E-state index is 0.191. The van der Waals surface area contributed by atoms with Gasteiger partial charge in [0.05, 0.1) is 7.11 Å². The molecule has 0 aliphatic rings. The Kier molecular flexibility index (Phi) is 5.21. The van der Waals surface area contributed by atoms with Crippen LogP contribution in [0, 0.1) is 6.92 Å². The lowest BCUT2D eigenvalue weighted by molar-refractivity contribution is 0.252. The van der Waals surface area contributed by atoms with Gasteiger partial charge >= 0.3 is 6.03 Å². The van der Waals surface area contributed by atoms with Crippen molar-refractivity contribution >= 4 is 11.7 Å². The number of rotatable bonds is 5. The molecular weight excluding hydrogens is 264 g/mol. The molecule has 0 aromatic heterocycles. The molecule has 0 spiro atoms. The average Bonchev–Trinajstić information content (AvgIpc) is 2.47. The largest absolute Gasteiger partial charge is 0.497 e. The van der Waals surface area contributed by atoms with Crippen LogP contribution in [0.2, 0.25) is 0 Å². The number of nitrogens with one attached hydrogen (secondary N) is 2. The van der Waals surface area contributed by atoms with Gasteiger partial charge in [-0.1, -0.05) is 24.3 Å². The third-order valence-corrected chi connectivity index (χ3v) is 3.11. The molecule has 0 aliphatic carbocycles. The van der Waals surface area contributed by atoms with Crippen LogP contribution >= 0.6 is 0 Å². The highest BCUT2D eigenvalue weighted by molar-refractivity contribution is 5.89.